The number of ether oxygens (including phenoxy) is 2. The van der Waals surface area contributed by atoms with E-state index in [1.807, 2.05) is 82.3 Å². The fourth-order valence-electron chi connectivity index (χ4n) is 4.10. The summed E-state index contributed by atoms with van der Waals surface area (Å²) in [6.07, 6.45) is 0.311. The predicted molar refractivity (Wildman–Crippen MR) is 149 cm³/mol. The summed E-state index contributed by atoms with van der Waals surface area (Å²) in [4.78, 5) is 39.6. The Balaban J connectivity index is 1.94. The molecule has 1 N–H and O–H groups in total. The van der Waals surface area contributed by atoms with E-state index >= 15 is 0 Å². The molecule has 2 amide bonds. The van der Waals surface area contributed by atoms with Gasteiger partial charge in [0.15, 0.2) is 6.61 Å². The molecule has 206 valence electrons. The van der Waals surface area contributed by atoms with Crippen LogP contribution in [0.4, 0.5) is 5.69 Å². The summed E-state index contributed by atoms with van der Waals surface area (Å²) in [6, 6.07) is 20.5. The minimum absolute atomic E-state index is 0.0215. The van der Waals surface area contributed by atoms with Crippen LogP contribution in [0.3, 0.4) is 0 Å². The molecule has 1 atom stereocenters. The van der Waals surface area contributed by atoms with Crippen molar-refractivity contribution in [1.29, 1.82) is 0 Å². The third kappa shape index (κ3) is 8.29. The van der Waals surface area contributed by atoms with Gasteiger partial charge in [0, 0.05) is 30.6 Å². The van der Waals surface area contributed by atoms with E-state index < -0.39 is 22.4 Å². The van der Waals surface area contributed by atoms with Crippen LogP contribution < -0.4 is 14.8 Å². The number of benzene rings is 3. The maximum Gasteiger partial charge on any atom is 0.311 e. The average Bonchev–Trinajstić information content (AvgIpc) is 2.89. The molecule has 0 aliphatic carbocycles. The number of nitrogens with one attached hydrogen (secondary N) is 1. The molecule has 39 heavy (non-hydrogen) atoms. The summed E-state index contributed by atoms with van der Waals surface area (Å²) in [5.74, 6) is -0.417. The Hall–Kier alpha value is -4.40. The molecule has 0 saturated carbocycles. The molecule has 9 heteroatoms. The number of nitrogens with zero attached hydrogens (tertiary/aromatic N) is 2. The third-order valence-electron chi connectivity index (χ3n) is 6.08. The summed E-state index contributed by atoms with van der Waals surface area (Å²) in [5, 5.41) is 14.2. The Kier molecular flexibility index (Phi) is 9.65. The summed E-state index contributed by atoms with van der Waals surface area (Å²) in [5.41, 5.74) is 2.10. The number of hydrogen-bond acceptors (Lipinski definition) is 6. The van der Waals surface area contributed by atoms with E-state index in [1.165, 1.54) is 25.3 Å². The summed E-state index contributed by atoms with van der Waals surface area (Å²) in [6.45, 7) is 7.46. The van der Waals surface area contributed by atoms with Gasteiger partial charge < -0.3 is 19.7 Å². The van der Waals surface area contributed by atoms with Crippen LogP contribution in [-0.4, -0.2) is 46.9 Å². The van der Waals surface area contributed by atoms with Gasteiger partial charge in [0.1, 0.15) is 11.8 Å². The van der Waals surface area contributed by atoms with E-state index in [2.05, 4.69) is 5.32 Å². The van der Waals surface area contributed by atoms with E-state index in [0.29, 0.717) is 6.42 Å². The monoisotopic (exact) mass is 533 g/mol. The van der Waals surface area contributed by atoms with Crippen LogP contribution in [0.5, 0.6) is 11.5 Å². The number of amides is 2. The standard InChI is InChI=1S/C30H35N3O6/c1-21-11-9-10-14-23(21)19-32(26(29(35)31-30(2,3)4)17-22-12-7-6-8-13-22)28(34)20-39-24-15-16-25(33(36)37)27(18-24)38-5/h6-16,18,26H,17,19-20H2,1-5H3,(H,31,35)/t26-/m0/s1. The van der Waals surface area contributed by atoms with Crippen molar-refractivity contribution in [3.63, 3.8) is 0 Å². The van der Waals surface area contributed by atoms with Crippen LogP contribution in [0.2, 0.25) is 0 Å². The van der Waals surface area contributed by atoms with Crippen LogP contribution >= 0.6 is 0 Å². The minimum Gasteiger partial charge on any atom is -0.490 e. The number of methoxy groups -OCH3 is 1. The average molecular weight is 534 g/mol. The lowest BCUT2D eigenvalue weighted by Gasteiger charge is -2.34. The van der Waals surface area contributed by atoms with Crippen LogP contribution in [0.25, 0.3) is 0 Å². The van der Waals surface area contributed by atoms with Crippen molar-refractivity contribution in [2.75, 3.05) is 13.7 Å². The highest BCUT2D eigenvalue weighted by Gasteiger charge is 2.32. The molecule has 9 nitrogen and oxygen atoms in total. The molecule has 0 saturated heterocycles. The van der Waals surface area contributed by atoms with E-state index in [-0.39, 0.29) is 36.2 Å². The normalized spacial score (nSPS) is 11.8. The van der Waals surface area contributed by atoms with Gasteiger partial charge in [-0.15, -0.1) is 0 Å². The molecule has 0 bridgehead atoms. The number of carbonyl (C=O) groups excluding carboxylic acids is 2. The van der Waals surface area contributed by atoms with E-state index in [4.69, 9.17) is 9.47 Å². The van der Waals surface area contributed by atoms with Crippen LogP contribution in [0.15, 0.2) is 72.8 Å². The second-order valence-corrected chi connectivity index (χ2v) is 10.3. The Morgan fingerprint density at radius 3 is 2.31 bits per heavy atom. The number of hydrogen-bond donors (Lipinski definition) is 1. The van der Waals surface area contributed by atoms with Crippen molar-refractivity contribution in [3.8, 4) is 11.5 Å². The van der Waals surface area contributed by atoms with Gasteiger partial charge in [-0.05, 0) is 50.5 Å². The maximum atomic E-state index is 13.7. The van der Waals surface area contributed by atoms with Gasteiger partial charge in [-0.1, -0.05) is 54.6 Å². The molecule has 0 heterocycles. The van der Waals surface area contributed by atoms with Crippen molar-refractivity contribution in [3.05, 3.63) is 99.6 Å². The second kappa shape index (κ2) is 12.9. The first-order valence-electron chi connectivity index (χ1n) is 12.6. The molecule has 0 spiro atoms. The number of carbonyl (C=O) groups is 2. The molecule has 0 aromatic heterocycles. The Bertz CT molecular complexity index is 1300. The Labute approximate surface area is 228 Å². The van der Waals surface area contributed by atoms with Crippen molar-refractivity contribution >= 4 is 17.5 Å². The van der Waals surface area contributed by atoms with Crippen molar-refractivity contribution in [2.24, 2.45) is 0 Å². The molecule has 3 aromatic carbocycles. The molecule has 3 rings (SSSR count). The molecule has 3 aromatic rings. The number of nitro groups is 1. The van der Waals surface area contributed by atoms with Gasteiger partial charge in [0.05, 0.1) is 12.0 Å². The largest absolute Gasteiger partial charge is 0.490 e. The van der Waals surface area contributed by atoms with Crippen molar-refractivity contribution in [1.82, 2.24) is 10.2 Å². The number of aryl methyl sites for hydroxylation is 1. The lowest BCUT2D eigenvalue weighted by Crippen LogP contribution is -2.55. The molecule has 0 radical (unpaired) electrons. The highest BCUT2D eigenvalue weighted by atomic mass is 16.6. The van der Waals surface area contributed by atoms with E-state index in [0.717, 1.165) is 16.7 Å². The number of nitro benzene ring substituents is 1. The first kappa shape index (κ1) is 29.2. The molecular formula is C30H35N3O6. The molecular weight excluding hydrogens is 498 g/mol. The van der Waals surface area contributed by atoms with Crippen molar-refractivity contribution in [2.45, 2.75) is 52.2 Å². The van der Waals surface area contributed by atoms with Crippen LogP contribution in [-0.2, 0) is 22.6 Å². The Morgan fingerprint density at radius 1 is 1.03 bits per heavy atom. The van der Waals surface area contributed by atoms with Crippen molar-refractivity contribution < 1.29 is 24.0 Å². The fraction of sp³-hybridized carbons (Fsp3) is 0.333. The smallest absolute Gasteiger partial charge is 0.311 e. The Morgan fingerprint density at radius 2 is 1.69 bits per heavy atom. The minimum atomic E-state index is -0.811. The molecule has 0 fully saturated rings. The predicted octanol–water partition coefficient (Wildman–Crippen LogP) is 4.85. The van der Waals surface area contributed by atoms with E-state index in [1.54, 1.807) is 4.90 Å². The SMILES string of the molecule is COc1cc(OCC(=O)N(Cc2ccccc2C)[C@@H](Cc2ccccc2)C(=O)NC(C)(C)C)ccc1[N+](=O)[O-]. The quantitative estimate of drug-likeness (QED) is 0.279. The topological polar surface area (TPSA) is 111 Å². The zero-order valence-corrected chi connectivity index (χ0v) is 23.0. The summed E-state index contributed by atoms with van der Waals surface area (Å²) in [7, 11) is 1.32. The van der Waals surface area contributed by atoms with E-state index in [9.17, 15) is 19.7 Å². The first-order chi connectivity index (χ1) is 18.5. The highest BCUT2D eigenvalue weighted by Crippen LogP contribution is 2.31. The zero-order valence-electron chi connectivity index (χ0n) is 23.0. The summed E-state index contributed by atoms with van der Waals surface area (Å²) >= 11 is 0. The fourth-order valence-corrected chi connectivity index (χ4v) is 4.10. The van der Waals surface area contributed by atoms with Gasteiger partial charge in [-0.25, -0.2) is 0 Å². The van der Waals surface area contributed by atoms with Gasteiger partial charge in [-0.2, -0.15) is 0 Å². The van der Waals surface area contributed by atoms with Gasteiger partial charge in [-0.3, -0.25) is 19.7 Å². The lowest BCUT2D eigenvalue weighted by atomic mass is 10.00. The molecule has 0 unspecified atom stereocenters. The zero-order chi connectivity index (χ0) is 28.6. The summed E-state index contributed by atoms with van der Waals surface area (Å²) < 4.78 is 10.9. The second-order valence-electron chi connectivity index (χ2n) is 10.3. The maximum absolute atomic E-state index is 13.7. The first-order valence-corrected chi connectivity index (χ1v) is 12.6. The van der Waals surface area contributed by atoms with Crippen LogP contribution in [0.1, 0.15) is 37.5 Å². The van der Waals surface area contributed by atoms with Gasteiger partial charge >= 0.3 is 5.69 Å². The number of rotatable bonds is 11. The highest BCUT2D eigenvalue weighted by molar-refractivity contribution is 5.89. The van der Waals surface area contributed by atoms with Gasteiger partial charge in [0.2, 0.25) is 11.7 Å². The van der Waals surface area contributed by atoms with Gasteiger partial charge in [0.25, 0.3) is 5.91 Å². The molecule has 0 aliphatic rings. The van der Waals surface area contributed by atoms with Crippen LogP contribution in [0, 0.1) is 17.0 Å². The third-order valence-corrected chi connectivity index (χ3v) is 6.08. The molecule has 0 aliphatic heterocycles. The lowest BCUT2D eigenvalue weighted by molar-refractivity contribution is -0.385.